The maximum atomic E-state index is 12.9. The number of ether oxygens (including phenoxy) is 3. The fourth-order valence-corrected chi connectivity index (χ4v) is 5.00. The number of rotatable bonds is 7. The second kappa shape index (κ2) is 10.5. The van der Waals surface area contributed by atoms with Crippen molar-refractivity contribution in [3.05, 3.63) is 28.8 Å². The topological polar surface area (TPSA) is 93.2 Å². The standard InChI is InChI=1S/C21H28N4O5S/c1-28-9-5-22-20(27)19-18(15-3-2-4-23-21(15)31-19)16-13-25(8-12-30-16)17(26)14-24-6-10-29-11-7-24/h2-4,16H,5-14H2,1H3,(H,22,27)/t16-/m1/s1. The second-order valence-corrected chi connectivity index (χ2v) is 8.54. The number of hydrogen-bond acceptors (Lipinski definition) is 8. The molecular weight excluding hydrogens is 420 g/mol. The number of carbonyl (C=O) groups is 2. The van der Waals surface area contributed by atoms with E-state index in [9.17, 15) is 9.59 Å². The van der Waals surface area contributed by atoms with E-state index in [0.29, 0.717) is 57.5 Å². The summed E-state index contributed by atoms with van der Waals surface area (Å²) in [4.78, 5) is 35.6. The summed E-state index contributed by atoms with van der Waals surface area (Å²) in [5, 5.41) is 3.79. The van der Waals surface area contributed by atoms with E-state index in [4.69, 9.17) is 14.2 Å². The van der Waals surface area contributed by atoms with Crippen LogP contribution in [0.2, 0.25) is 0 Å². The fraction of sp³-hybridized carbons (Fsp3) is 0.571. The van der Waals surface area contributed by atoms with Crippen molar-refractivity contribution in [1.82, 2.24) is 20.1 Å². The van der Waals surface area contributed by atoms with E-state index >= 15 is 0 Å². The molecule has 0 aliphatic carbocycles. The van der Waals surface area contributed by atoms with Crippen LogP contribution in [0.5, 0.6) is 0 Å². The zero-order chi connectivity index (χ0) is 21.6. The summed E-state index contributed by atoms with van der Waals surface area (Å²) in [5.41, 5.74) is 0.812. The molecule has 2 fully saturated rings. The van der Waals surface area contributed by atoms with Gasteiger partial charge in [0.1, 0.15) is 15.8 Å². The van der Waals surface area contributed by atoms with Gasteiger partial charge in [-0.25, -0.2) is 4.98 Å². The molecule has 2 saturated heterocycles. The lowest BCUT2D eigenvalue weighted by Crippen LogP contribution is -2.48. The minimum absolute atomic E-state index is 0.0824. The number of amides is 2. The van der Waals surface area contributed by atoms with Crippen LogP contribution in [0.15, 0.2) is 18.3 Å². The molecule has 9 nitrogen and oxygen atoms in total. The third-order valence-electron chi connectivity index (χ3n) is 5.51. The van der Waals surface area contributed by atoms with E-state index < -0.39 is 0 Å². The molecule has 1 N–H and O–H groups in total. The van der Waals surface area contributed by atoms with Crippen molar-refractivity contribution in [2.45, 2.75) is 6.10 Å². The Kier molecular flexibility index (Phi) is 7.46. The number of methoxy groups -OCH3 is 1. The Hall–Kier alpha value is -2.11. The average Bonchev–Trinajstić information content (AvgIpc) is 3.20. The molecule has 0 unspecified atom stereocenters. The molecule has 1 atom stereocenters. The number of thiophene rings is 1. The summed E-state index contributed by atoms with van der Waals surface area (Å²) >= 11 is 1.35. The fourth-order valence-electron chi connectivity index (χ4n) is 3.89. The Morgan fingerprint density at radius 2 is 2.13 bits per heavy atom. The van der Waals surface area contributed by atoms with Crippen molar-refractivity contribution in [3.8, 4) is 0 Å². The van der Waals surface area contributed by atoms with Gasteiger partial charge in [0.25, 0.3) is 5.91 Å². The predicted molar refractivity (Wildman–Crippen MR) is 116 cm³/mol. The maximum absolute atomic E-state index is 12.9. The normalized spacial score (nSPS) is 20.2. The molecule has 10 heteroatoms. The maximum Gasteiger partial charge on any atom is 0.261 e. The van der Waals surface area contributed by atoms with Crippen LogP contribution in [-0.2, 0) is 19.0 Å². The summed E-state index contributed by atoms with van der Waals surface area (Å²) < 4.78 is 16.5. The molecule has 0 aromatic carbocycles. The number of aromatic nitrogens is 1. The number of nitrogens with zero attached hydrogens (tertiary/aromatic N) is 3. The highest BCUT2D eigenvalue weighted by atomic mass is 32.1. The van der Waals surface area contributed by atoms with Gasteiger partial charge in [0.2, 0.25) is 5.91 Å². The van der Waals surface area contributed by atoms with Crippen LogP contribution in [0.3, 0.4) is 0 Å². The smallest absolute Gasteiger partial charge is 0.261 e. The summed E-state index contributed by atoms with van der Waals surface area (Å²) in [6.07, 6.45) is 1.35. The van der Waals surface area contributed by atoms with E-state index in [1.807, 2.05) is 17.0 Å². The van der Waals surface area contributed by atoms with Crippen molar-refractivity contribution in [1.29, 1.82) is 0 Å². The first-order chi connectivity index (χ1) is 15.2. The number of fused-ring (bicyclic) bond motifs is 1. The molecule has 168 valence electrons. The summed E-state index contributed by atoms with van der Waals surface area (Å²) in [6.45, 7) is 5.51. The molecule has 2 aromatic rings. The Morgan fingerprint density at radius 1 is 1.29 bits per heavy atom. The molecule has 31 heavy (non-hydrogen) atoms. The van der Waals surface area contributed by atoms with E-state index in [-0.39, 0.29) is 17.9 Å². The number of hydrogen-bond donors (Lipinski definition) is 1. The van der Waals surface area contributed by atoms with Gasteiger partial charge in [-0.3, -0.25) is 14.5 Å². The van der Waals surface area contributed by atoms with Crippen LogP contribution in [-0.4, -0.2) is 99.4 Å². The van der Waals surface area contributed by atoms with E-state index in [2.05, 4.69) is 15.2 Å². The minimum atomic E-state index is -0.372. The van der Waals surface area contributed by atoms with E-state index in [1.165, 1.54) is 11.3 Å². The van der Waals surface area contributed by atoms with Gasteiger partial charge in [-0.1, -0.05) is 6.07 Å². The van der Waals surface area contributed by atoms with Crippen molar-refractivity contribution in [2.75, 3.05) is 72.8 Å². The summed E-state index contributed by atoms with van der Waals surface area (Å²) in [7, 11) is 1.60. The van der Waals surface area contributed by atoms with Crippen LogP contribution in [0.25, 0.3) is 10.2 Å². The van der Waals surface area contributed by atoms with Gasteiger partial charge in [-0.2, -0.15) is 0 Å². The van der Waals surface area contributed by atoms with Gasteiger partial charge in [-0.15, -0.1) is 11.3 Å². The summed E-state index contributed by atoms with van der Waals surface area (Å²) in [6, 6.07) is 3.81. The summed E-state index contributed by atoms with van der Waals surface area (Å²) in [5.74, 6) is -0.0885. The van der Waals surface area contributed by atoms with Crippen LogP contribution in [0.1, 0.15) is 21.3 Å². The quantitative estimate of drug-likeness (QED) is 0.629. The lowest BCUT2D eigenvalue weighted by atomic mass is 10.0. The third kappa shape index (κ3) is 5.21. The van der Waals surface area contributed by atoms with E-state index in [0.717, 1.165) is 28.9 Å². The van der Waals surface area contributed by atoms with Gasteiger partial charge in [-0.05, 0) is 6.07 Å². The first-order valence-electron chi connectivity index (χ1n) is 10.5. The predicted octanol–water partition coefficient (Wildman–Crippen LogP) is 0.905. The molecule has 2 aliphatic rings. The Balaban J connectivity index is 1.53. The zero-order valence-electron chi connectivity index (χ0n) is 17.7. The number of nitrogens with one attached hydrogen (secondary N) is 1. The van der Waals surface area contributed by atoms with Crippen molar-refractivity contribution < 1.29 is 23.8 Å². The number of pyridine rings is 1. The molecular formula is C21H28N4O5S. The second-order valence-electron chi connectivity index (χ2n) is 7.54. The first kappa shape index (κ1) is 22.1. The molecule has 0 saturated carbocycles. The monoisotopic (exact) mass is 448 g/mol. The molecule has 2 aliphatic heterocycles. The van der Waals surface area contributed by atoms with Gasteiger partial charge >= 0.3 is 0 Å². The zero-order valence-corrected chi connectivity index (χ0v) is 18.5. The molecule has 2 amide bonds. The highest BCUT2D eigenvalue weighted by Crippen LogP contribution is 2.37. The van der Waals surface area contributed by atoms with Gasteiger partial charge < -0.3 is 24.4 Å². The Morgan fingerprint density at radius 3 is 2.94 bits per heavy atom. The van der Waals surface area contributed by atoms with Crippen LogP contribution in [0.4, 0.5) is 0 Å². The number of morpholine rings is 2. The molecule has 0 radical (unpaired) electrons. The van der Waals surface area contributed by atoms with Gasteiger partial charge in [0.15, 0.2) is 0 Å². The molecule has 4 heterocycles. The lowest BCUT2D eigenvalue weighted by molar-refractivity contribution is -0.141. The minimum Gasteiger partial charge on any atom is -0.383 e. The first-order valence-corrected chi connectivity index (χ1v) is 11.3. The van der Waals surface area contributed by atoms with E-state index in [1.54, 1.807) is 13.3 Å². The third-order valence-corrected chi connectivity index (χ3v) is 6.63. The molecule has 0 bridgehead atoms. The molecule has 2 aromatic heterocycles. The van der Waals surface area contributed by atoms with Crippen molar-refractivity contribution >= 4 is 33.4 Å². The lowest BCUT2D eigenvalue weighted by Gasteiger charge is -2.35. The molecule has 4 rings (SSSR count). The van der Waals surface area contributed by atoms with Crippen LogP contribution in [0, 0.1) is 0 Å². The Labute approximate surface area is 185 Å². The average molecular weight is 449 g/mol. The molecule has 0 spiro atoms. The van der Waals surface area contributed by atoms with Crippen LogP contribution >= 0.6 is 11.3 Å². The van der Waals surface area contributed by atoms with Crippen molar-refractivity contribution in [2.24, 2.45) is 0 Å². The van der Waals surface area contributed by atoms with Gasteiger partial charge in [0.05, 0.1) is 39.5 Å². The highest BCUT2D eigenvalue weighted by molar-refractivity contribution is 7.20. The largest absolute Gasteiger partial charge is 0.383 e. The Bertz CT molecular complexity index is 914. The number of carbonyl (C=O) groups excluding carboxylic acids is 2. The SMILES string of the molecule is COCCNC(=O)c1sc2ncccc2c1[C@H]1CN(C(=O)CN2CCOCC2)CCO1. The highest BCUT2D eigenvalue weighted by Gasteiger charge is 2.32. The van der Waals surface area contributed by atoms with Gasteiger partial charge in [0, 0.05) is 50.4 Å². The van der Waals surface area contributed by atoms with Crippen molar-refractivity contribution in [3.63, 3.8) is 0 Å². The van der Waals surface area contributed by atoms with Crippen LogP contribution < -0.4 is 5.32 Å².